The zero-order valence-corrected chi connectivity index (χ0v) is 16.0. The van der Waals surface area contributed by atoms with Gasteiger partial charge in [-0.05, 0) is 49.2 Å². The predicted octanol–water partition coefficient (Wildman–Crippen LogP) is 4.43. The Morgan fingerprint density at radius 1 is 1.20 bits per heavy atom. The molecular formula is C20H26ClN3O. The molecule has 0 bridgehead atoms. The molecule has 25 heavy (non-hydrogen) atoms. The summed E-state index contributed by atoms with van der Waals surface area (Å²) >= 11 is 6.25. The molecule has 0 aliphatic rings. The monoisotopic (exact) mass is 359 g/mol. The van der Waals surface area contributed by atoms with Gasteiger partial charge in [0.15, 0.2) is 0 Å². The van der Waals surface area contributed by atoms with Crippen LogP contribution in [0, 0.1) is 0 Å². The highest BCUT2D eigenvalue weighted by atomic mass is 35.5. The Kier molecular flexibility index (Phi) is 6.32. The van der Waals surface area contributed by atoms with E-state index in [2.05, 4.69) is 13.8 Å². The molecule has 1 unspecified atom stereocenters. The van der Waals surface area contributed by atoms with Crippen LogP contribution in [0.3, 0.4) is 0 Å². The number of hydrogen-bond acceptors (Lipinski definition) is 3. The molecule has 0 saturated heterocycles. The van der Waals surface area contributed by atoms with Gasteiger partial charge in [0.2, 0.25) is 0 Å². The van der Waals surface area contributed by atoms with E-state index in [-0.39, 0.29) is 11.9 Å². The summed E-state index contributed by atoms with van der Waals surface area (Å²) in [5.74, 6) is -0.0629. The van der Waals surface area contributed by atoms with Crippen molar-refractivity contribution >= 4 is 28.9 Å². The molecule has 0 radical (unpaired) electrons. The first-order valence-electron chi connectivity index (χ1n) is 8.46. The zero-order chi connectivity index (χ0) is 18.6. The van der Waals surface area contributed by atoms with E-state index < -0.39 is 0 Å². The lowest BCUT2D eigenvalue weighted by Gasteiger charge is -2.31. The number of hydrogen-bond donors (Lipinski definition) is 1. The second-order valence-corrected chi connectivity index (χ2v) is 6.86. The third-order valence-electron chi connectivity index (χ3n) is 4.41. The van der Waals surface area contributed by atoms with Crippen LogP contribution < -0.4 is 10.6 Å². The van der Waals surface area contributed by atoms with Crippen molar-refractivity contribution in [3.8, 4) is 0 Å². The van der Waals surface area contributed by atoms with Gasteiger partial charge in [0, 0.05) is 38.1 Å². The molecule has 2 rings (SSSR count). The molecule has 0 aromatic heterocycles. The van der Waals surface area contributed by atoms with Gasteiger partial charge in [-0.15, -0.1) is 0 Å². The average Bonchev–Trinajstić information content (AvgIpc) is 2.58. The van der Waals surface area contributed by atoms with E-state index in [0.29, 0.717) is 22.8 Å². The minimum absolute atomic E-state index is 0.0629. The van der Waals surface area contributed by atoms with Crippen LogP contribution >= 0.6 is 11.6 Å². The van der Waals surface area contributed by atoms with Crippen molar-refractivity contribution in [1.29, 1.82) is 0 Å². The molecule has 0 aliphatic heterocycles. The smallest absolute Gasteiger partial charge is 0.255 e. The van der Waals surface area contributed by atoms with Crippen molar-refractivity contribution in [2.24, 2.45) is 0 Å². The van der Waals surface area contributed by atoms with Crippen LogP contribution in [0.25, 0.3) is 0 Å². The van der Waals surface area contributed by atoms with E-state index in [1.807, 2.05) is 54.2 Å². The molecule has 0 spiro atoms. The van der Waals surface area contributed by atoms with E-state index in [4.69, 9.17) is 17.3 Å². The molecule has 1 atom stereocenters. The Labute approximate surface area is 155 Å². The summed E-state index contributed by atoms with van der Waals surface area (Å²) in [6.45, 7) is 4.61. The Morgan fingerprint density at radius 2 is 1.88 bits per heavy atom. The highest BCUT2D eigenvalue weighted by Gasteiger charge is 2.23. The summed E-state index contributed by atoms with van der Waals surface area (Å²) in [6.07, 6.45) is 0.857. The van der Waals surface area contributed by atoms with E-state index >= 15 is 0 Å². The number of anilines is 2. The normalized spacial score (nSPS) is 11.9. The number of carbonyl (C=O) groups excluding carboxylic acids is 1. The second-order valence-electron chi connectivity index (χ2n) is 6.45. The maximum atomic E-state index is 13.1. The van der Waals surface area contributed by atoms with Crippen molar-refractivity contribution < 1.29 is 4.79 Å². The minimum Gasteiger partial charge on any atom is -0.399 e. The largest absolute Gasteiger partial charge is 0.399 e. The van der Waals surface area contributed by atoms with Gasteiger partial charge in [-0.2, -0.15) is 0 Å². The lowest BCUT2D eigenvalue weighted by atomic mass is 10.1. The summed E-state index contributed by atoms with van der Waals surface area (Å²) in [4.78, 5) is 17.0. The number of carbonyl (C=O) groups is 1. The quantitative estimate of drug-likeness (QED) is 0.776. The molecule has 0 fully saturated rings. The first kappa shape index (κ1) is 19.1. The van der Waals surface area contributed by atoms with Crippen molar-refractivity contribution in [2.45, 2.75) is 32.9 Å². The molecule has 4 nitrogen and oxygen atoms in total. The molecule has 0 saturated carbocycles. The van der Waals surface area contributed by atoms with Crippen LogP contribution in [0.1, 0.15) is 36.2 Å². The molecule has 2 N–H and O–H groups in total. The van der Waals surface area contributed by atoms with Crippen LogP contribution in [0.2, 0.25) is 5.02 Å². The second kappa shape index (κ2) is 8.26. The molecule has 2 aromatic rings. The Balaban J connectivity index is 2.42. The van der Waals surface area contributed by atoms with Gasteiger partial charge in [-0.3, -0.25) is 4.79 Å². The lowest BCUT2D eigenvalue weighted by Crippen LogP contribution is -2.38. The molecule has 0 aliphatic carbocycles. The zero-order valence-electron chi connectivity index (χ0n) is 15.3. The SMILES string of the molecule is CCC(C)N(Cc1cc(N)ccc1N(C)C)C(=O)c1ccccc1Cl. The Bertz CT molecular complexity index is 745. The fourth-order valence-electron chi connectivity index (χ4n) is 2.79. The van der Waals surface area contributed by atoms with Crippen LogP contribution in [-0.4, -0.2) is 30.9 Å². The van der Waals surface area contributed by atoms with Gasteiger partial charge < -0.3 is 15.5 Å². The first-order valence-corrected chi connectivity index (χ1v) is 8.84. The van der Waals surface area contributed by atoms with Gasteiger partial charge in [-0.1, -0.05) is 30.7 Å². The van der Waals surface area contributed by atoms with Gasteiger partial charge in [0.25, 0.3) is 5.91 Å². The van der Waals surface area contributed by atoms with Crippen molar-refractivity contribution in [2.75, 3.05) is 24.7 Å². The van der Waals surface area contributed by atoms with Crippen molar-refractivity contribution in [3.63, 3.8) is 0 Å². The number of rotatable bonds is 6. The van der Waals surface area contributed by atoms with Crippen LogP contribution in [-0.2, 0) is 6.54 Å². The molecule has 134 valence electrons. The van der Waals surface area contributed by atoms with Crippen LogP contribution in [0.15, 0.2) is 42.5 Å². The highest BCUT2D eigenvalue weighted by molar-refractivity contribution is 6.33. The lowest BCUT2D eigenvalue weighted by molar-refractivity contribution is 0.0672. The maximum Gasteiger partial charge on any atom is 0.255 e. The summed E-state index contributed by atoms with van der Waals surface area (Å²) in [7, 11) is 3.97. The third kappa shape index (κ3) is 4.45. The van der Waals surface area contributed by atoms with Gasteiger partial charge in [-0.25, -0.2) is 0 Å². The number of halogens is 1. The average molecular weight is 360 g/mol. The van der Waals surface area contributed by atoms with Crippen LogP contribution in [0.4, 0.5) is 11.4 Å². The van der Waals surface area contributed by atoms with E-state index in [9.17, 15) is 4.79 Å². The predicted molar refractivity (Wildman–Crippen MR) is 106 cm³/mol. The number of nitrogens with two attached hydrogens (primary N) is 1. The standard InChI is InChI=1S/C20H26ClN3O/c1-5-14(2)24(20(25)17-8-6-7-9-18(17)21)13-15-12-16(22)10-11-19(15)23(3)4/h6-12,14H,5,13,22H2,1-4H3. The van der Waals surface area contributed by atoms with Crippen LogP contribution in [0.5, 0.6) is 0 Å². The molecule has 5 heteroatoms. The number of amides is 1. The summed E-state index contributed by atoms with van der Waals surface area (Å²) in [5.41, 5.74) is 9.27. The molecular weight excluding hydrogens is 334 g/mol. The summed E-state index contributed by atoms with van der Waals surface area (Å²) in [6, 6.07) is 13.1. The van der Waals surface area contributed by atoms with Gasteiger partial charge in [0.1, 0.15) is 0 Å². The number of nitrogen functional groups attached to an aromatic ring is 1. The summed E-state index contributed by atoms with van der Waals surface area (Å²) in [5, 5.41) is 0.473. The topological polar surface area (TPSA) is 49.6 Å². The molecule has 2 aromatic carbocycles. The minimum atomic E-state index is -0.0629. The van der Waals surface area contributed by atoms with Gasteiger partial charge in [0.05, 0.1) is 10.6 Å². The maximum absolute atomic E-state index is 13.1. The fraction of sp³-hybridized carbons (Fsp3) is 0.350. The Hall–Kier alpha value is -2.20. The third-order valence-corrected chi connectivity index (χ3v) is 4.74. The summed E-state index contributed by atoms with van der Waals surface area (Å²) < 4.78 is 0. The van der Waals surface area contributed by atoms with E-state index in [1.54, 1.807) is 12.1 Å². The van der Waals surface area contributed by atoms with E-state index in [0.717, 1.165) is 17.7 Å². The van der Waals surface area contributed by atoms with Crippen molar-refractivity contribution in [3.05, 3.63) is 58.6 Å². The van der Waals surface area contributed by atoms with Crippen molar-refractivity contribution in [1.82, 2.24) is 4.90 Å². The highest BCUT2D eigenvalue weighted by Crippen LogP contribution is 2.26. The fourth-order valence-corrected chi connectivity index (χ4v) is 3.01. The first-order chi connectivity index (χ1) is 11.8. The number of benzene rings is 2. The molecule has 1 amide bonds. The van der Waals surface area contributed by atoms with E-state index in [1.165, 1.54) is 0 Å². The number of nitrogens with zero attached hydrogens (tertiary/aromatic N) is 2. The van der Waals surface area contributed by atoms with Gasteiger partial charge >= 0.3 is 0 Å². The Morgan fingerprint density at radius 3 is 2.48 bits per heavy atom. The molecule has 0 heterocycles.